The van der Waals surface area contributed by atoms with Crippen LogP contribution in [-0.2, 0) is 37.4 Å². The first-order valence-electron chi connectivity index (χ1n) is 12.2. The lowest BCUT2D eigenvalue weighted by Crippen LogP contribution is -2.47. The third-order valence-corrected chi connectivity index (χ3v) is 6.11. The van der Waals surface area contributed by atoms with E-state index in [4.69, 9.17) is 14.2 Å². The minimum Gasteiger partial charge on any atom is -0.444 e. The highest BCUT2D eigenvalue weighted by Crippen LogP contribution is 2.35. The highest BCUT2D eigenvalue weighted by Gasteiger charge is 2.38. The Bertz CT molecular complexity index is 1140. The molecule has 0 saturated carbocycles. The molecule has 2 amide bonds. The lowest BCUT2D eigenvalue weighted by molar-refractivity contribution is -0.121. The average molecular weight is 519 g/mol. The highest BCUT2D eigenvalue weighted by molar-refractivity contribution is 5.98. The minimum absolute atomic E-state index is 0.0516. The van der Waals surface area contributed by atoms with E-state index in [9.17, 15) is 9.59 Å². The number of carbonyl (C=O) groups excluding carboxylic acids is 2. The summed E-state index contributed by atoms with van der Waals surface area (Å²) in [6.07, 6.45) is -0.129. The van der Waals surface area contributed by atoms with Gasteiger partial charge in [-0.05, 0) is 56.0 Å². The van der Waals surface area contributed by atoms with Gasteiger partial charge in [-0.1, -0.05) is 32.0 Å². The number of nitrogens with one attached hydrogen (secondary N) is 1. The summed E-state index contributed by atoms with van der Waals surface area (Å²) in [6, 6.07) is 6.66. The Morgan fingerprint density at radius 2 is 1.68 bits per heavy atom. The maximum absolute atomic E-state index is 15.0. The Hall–Kier alpha value is -3.04. The zero-order valence-electron chi connectivity index (χ0n) is 22.5. The van der Waals surface area contributed by atoms with Crippen LogP contribution in [0.3, 0.4) is 0 Å². The van der Waals surface area contributed by atoms with Gasteiger partial charge in [0.15, 0.2) is 0 Å². The molecule has 0 saturated heterocycles. The van der Waals surface area contributed by atoms with Crippen LogP contribution >= 0.6 is 0 Å². The molecule has 1 N–H and O–H groups in total. The van der Waals surface area contributed by atoms with Crippen molar-refractivity contribution in [2.45, 2.75) is 64.7 Å². The normalized spacial score (nSPS) is 15.8. The topological polar surface area (TPSA) is 77.1 Å². The molecule has 1 heterocycles. The zero-order chi connectivity index (χ0) is 27.5. The maximum atomic E-state index is 15.0. The van der Waals surface area contributed by atoms with Gasteiger partial charge in [-0.25, -0.2) is 13.6 Å². The van der Waals surface area contributed by atoms with E-state index in [2.05, 4.69) is 5.32 Å². The van der Waals surface area contributed by atoms with Crippen molar-refractivity contribution in [3.63, 3.8) is 0 Å². The molecule has 0 spiro atoms. The molecule has 1 atom stereocenters. The molecule has 202 valence electrons. The van der Waals surface area contributed by atoms with E-state index in [1.807, 2.05) is 12.1 Å². The molecule has 0 radical (unpaired) electrons. The largest absolute Gasteiger partial charge is 0.444 e. The van der Waals surface area contributed by atoms with Crippen molar-refractivity contribution < 1.29 is 32.6 Å². The predicted octanol–water partition coefficient (Wildman–Crippen LogP) is 5.51. The number of methoxy groups -OCH3 is 2. The van der Waals surface area contributed by atoms with Crippen LogP contribution in [0.5, 0.6) is 0 Å². The van der Waals surface area contributed by atoms with Crippen LogP contribution in [0.25, 0.3) is 0 Å². The number of ether oxygens (including phenoxy) is 3. The lowest BCUT2D eigenvalue weighted by atomic mass is 9.84. The Morgan fingerprint density at radius 3 is 2.24 bits per heavy atom. The van der Waals surface area contributed by atoms with Crippen molar-refractivity contribution in [2.24, 2.45) is 0 Å². The fraction of sp³-hybridized carbons (Fsp3) is 0.500. The van der Waals surface area contributed by atoms with E-state index in [0.29, 0.717) is 18.6 Å². The highest BCUT2D eigenvalue weighted by atomic mass is 19.1. The third-order valence-electron chi connectivity index (χ3n) is 6.11. The van der Waals surface area contributed by atoms with Crippen molar-refractivity contribution in [1.29, 1.82) is 0 Å². The molecule has 7 nitrogen and oxygen atoms in total. The summed E-state index contributed by atoms with van der Waals surface area (Å²) in [4.78, 5) is 28.0. The Kier molecular flexibility index (Phi) is 8.59. The number of fused-ring (bicyclic) bond motifs is 1. The Balaban J connectivity index is 1.97. The van der Waals surface area contributed by atoms with Crippen molar-refractivity contribution >= 4 is 17.7 Å². The van der Waals surface area contributed by atoms with Gasteiger partial charge in [-0.2, -0.15) is 0 Å². The maximum Gasteiger partial charge on any atom is 0.411 e. The van der Waals surface area contributed by atoms with Gasteiger partial charge in [0, 0.05) is 37.4 Å². The fourth-order valence-corrected chi connectivity index (χ4v) is 4.67. The van der Waals surface area contributed by atoms with Crippen LogP contribution in [0.2, 0.25) is 0 Å². The van der Waals surface area contributed by atoms with Crippen LogP contribution in [0, 0.1) is 11.6 Å². The first kappa shape index (κ1) is 28.5. The molecule has 0 aliphatic carbocycles. The van der Waals surface area contributed by atoms with E-state index in [0.717, 1.165) is 23.3 Å². The molecular weight excluding hydrogens is 482 g/mol. The number of carbonyl (C=O) groups is 2. The summed E-state index contributed by atoms with van der Waals surface area (Å²) in [5, 5.41) is 2.61. The average Bonchev–Trinajstić information content (AvgIpc) is 2.76. The van der Waals surface area contributed by atoms with Gasteiger partial charge in [-0.3, -0.25) is 9.69 Å². The molecule has 2 aromatic rings. The first-order chi connectivity index (χ1) is 17.3. The van der Waals surface area contributed by atoms with E-state index >= 15 is 8.78 Å². The summed E-state index contributed by atoms with van der Waals surface area (Å²) in [6.45, 7) is 9.33. The number of halogens is 2. The van der Waals surface area contributed by atoms with Crippen molar-refractivity contribution in [3.8, 4) is 0 Å². The Morgan fingerprint density at radius 1 is 1.03 bits per heavy atom. The van der Waals surface area contributed by atoms with Crippen LogP contribution in [0.1, 0.15) is 62.9 Å². The molecule has 0 aromatic heterocycles. The molecule has 1 aliphatic rings. The van der Waals surface area contributed by atoms with Gasteiger partial charge >= 0.3 is 6.09 Å². The molecule has 3 rings (SSSR count). The molecule has 1 aliphatic heterocycles. The van der Waals surface area contributed by atoms with E-state index in [1.54, 1.807) is 47.8 Å². The number of rotatable bonds is 7. The second-order valence-electron chi connectivity index (χ2n) is 10.9. The molecule has 0 unspecified atom stereocenters. The number of anilines is 1. The summed E-state index contributed by atoms with van der Waals surface area (Å²) >= 11 is 0. The van der Waals surface area contributed by atoms with Gasteiger partial charge in [0.2, 0.25) is 0 Å². The molecule has 0 fully saturated rings. The summed E-state index contributed by atoms with van der Waals surface area (Å²) in [7, 11) is 3.06. The predicted molar refractivity (Wildman–Crippen MR) is 136 cm³/mol. The van der Waals surface area contributed by atoms with Gasteiger partial charge in [0.1, 0.15) is 23.3 Å². The van der Waals surface area contributed by atoms with Crippen LogP contribution < -0.4 is 5.32 Å². The molecule has 37 heavy (non-hydrogen) atoms. The second-order valence-corrected chi connectivity index (χ2v) is 10.9. The summed E-state index contributed by atoms with van der Waals surface area (Å²) in [5.41, 5.74) is 0.584. The standard InChI is InChI=1S/C28H36F2N2O5/c1-27(2,3)37-26(34)32-11-10-18-12-17(15-35-6)8-9-20(18)24(32)25(33)31-19-13-21(29)23(22(30)14-19)28(4,5)16-36-7/h8-9,12-14,24H,10-11,15-16H2,1-7H3,(H,31,33)/t24-/m1/s1. The van der Waals surface area contributed by atoms with Crippen molar-refractivity contribution in [1.82, 2.24) is 4.90 Å². The zero-order valence-corrected chi connectivity index (χ0v) is 22.5. The van der Waals surface area contributed by atoms with Gasteiger partial charge in [-0.15, -0.1) is 0 Å². The van der Waals surface area contributed by atoms with Gasteiger partial charge in [0.05, 0.1) is 13.2 Å². The van der Waals surface area contributed by atoms with Crippen LogP contribution in [-0.4, -0.2) is 49.9 Å². The second kappa shape index (κ2) is 11.1. The van der Waals surface area contributed by atoms with E-state index in [-0.39, 0.29) is 24.4 Å². The monoisotopic (exact) mass is 518 g/mol. The number of nitrogens with zero attached hydrogens (tertiary/aromatic N) is 1. The number of benzene rings is 2. The van der Waals surface area contributed by atoms with Crippen molar-refractivity contribution in [3.05, 3.63) is 64.2 Å². The van der Waals surface area contributed by atoms with E-state index in [1.165, 1.54) is 12.0 Å². The third kappa shape index (κ3) is 6.64. The van der Waals surface area contributed by atoms with Crippen LogP contribution in [0.15, 0.2) is 30.3 Å². The first-order valence-corrected chi connectivity index (χ1v) is 12.2. The molecule has 2 aromatic carbocycles. The Labute approximate surface area is 217 Å². The van der Waals surface area contributed by atoms with Crippen LogP contribution in [0.4, 0.5) is 19.3 Å². The lowest BCUT2D eigenvalue weighted by Gasteiger charge is -2.37. The number of hydrogen-bond acceptors (Lipinski definition) is 5. The number of hydrogen-bond donors (Lipinski definition) is 1. The van der Waals surface area contributed by atoms with Crippen molar-refractivity contribution in [2.75, 3.05) is 32.7 Å². The van der Waals surface area contributed by atoms with Gasteiger partial charge in [0.25, 0.3) is 5.91 Å². The summed E-state index contributed by atoms with van der Waals surface area (Å²) < 4.78 is 45.9. The fourth-order valence-electron chi connectivity index (χ4n) is 4.67. The van der Waals surface area contributed by atoms with E-state index < -0.39 is 40.7 Å². The SMILES string of the molecule is COCc1ccc2c(c1)CCN(C(=O)OC(C)(C)C)[C@H]2C(=O)Nc1cc(F)c(C(C)(C)COC)c(F)c1. The quantitative estimate of drug-likeness (QED) is 0.523. The molecule has 9 heteroatoms. The smallest absolute Gasteiger partial charge is 0.411 e. The number of amides is 2. The minimum atomic E-state index is -1.05. The molecule has 0 bridgehead atoms. The van der Waals surface area contributed by atoms with Gasteiger partial charge < -0.3 is 19.5 Å². The molecular formula is C28H36F2N2O5. The summed E-state index contributed by atoms with van der Waals surface area (Å²) in [5.74, 6) is -2.20.